The van der Waals surface area contributed by atoms with Crippen LogP contribution in [0.25, 0.3) is 0 Å². The monoisotopic (exact) mass is 390 g/mol. The Kier molecular flexibility index (Phi) is 6.52. The molecule has 2 rings (SSSR count). The summed E-state index contributed by atoms with van der Waals surface area (Å²) in [4.78, 5) is 23.3. The molecule has 0 spiro atoms. The smallest absolute Gasteiger partial charge is 0.303 e. The van der Waals surface area contributed by atoms with Crippen LogP contribution in [0.4, 0.5) is 0 Å². The summed E-state index contributed by atoms with van der Waals surface area (Å²) in [5.74, 6) is 0.0901. The number of hydrogen-bond acceptors (Lipinski definition) is 4. The topological polar surface area (TPSA) is 52.6 Å². The first-order chi connectivity index (χ1) is 12.8. The van der Waals surface area contributed by atoms with Gasteiger partial charge >= 0.3 is 11.9 Å². The van der Waals surface area contributed by atoms with E-state index in [0.29, 0.717) is 18.8 Å². The molecule has 0 aromatic heterocycles. The Labute approximate surface area is 170 Å². The van der Waals surface area contributed by atoms with Crippen molar-refractivity contribution < 1.29 is 19.1 Å². The normalized spacial score (nSPS) is 33.9. The molecule has 0 amide bonds. The maximum absolute atomic E-state index is 11.8. The summed E-state index contributed by atoms with van der Waals surface area (Å²) >= 11 is 0. The van der Waals surface area contributed by atoms with Gasteiger partial charge in [-0.05, 0) is 55.4 Å². The predicted molar refractivity (Wildman–Crippen MR) is 112 cm³/mol. The first-order valence-corrected chi connectivity index (χ1v) is 10.5. The lowest BCUT2D eigenvalue weighted by Crippen LogP contribution is -2.56. The summed E-state index contributed by atoms with van der Waals surface area (Å²) in [6, 6.07) is 0. The lowest BCUT2D eigenvalue weighted by atomic mass is 9.46. The molecule has 158 valence electrons. The van der Waals surface area contributed by atoms with Gasteiger partial charge in [-0.2, -0.15) is 0 Å². The van der Waals surface area contributed by atoms with E-state index in [1.807, 2.05) is 6.92 Å². The number of fused-ring (bicyclic) bond motifs is 1. The summed E-state index contributed by atoms with van der Waals surface area (Å²) in [6.07, 6.45) is 7.33. The quantitative estimate of drug-likeness (QED) is 0.437. The average molecular weight is 391 g/mol. The highest BCUT2D eigenvalue weighted by Gasteiger charge is 2.57. The Morgan fingerprint density at radius 2 is 1.86 bits per heavy atom. The lowest BCUT2D eigenvalue weighted by molar-refractivity contribution is -0.171. The number of esters is 2. The molecule has 2 saturated carbocycles. The first kappa shape index (κ1) is 22.7. The molecule has 0 N–H and O–H groups in total. The van der Waals surface area contributed by atoms with Crippen molar-refractivity contribution in [3.63, 3.8) is 0 Å². The Morgan fingerprint density at radius 3 is 2.39 bits per heavy atom. The minimum absolute atomic E-state index is 0.00943. The number of ether oxygens (including phenoxy) is 2. The van der Waals surface area contributed by atoms with Crippen LogP contribution in [-0.2, 0) is 19.1 Å². The van der Waals surface area contributed by atoms with E-state index in [1.54, 1.807) is 6.08 Å². The zero-order valence-corrected chi connectivity index (χ0v) is 18.6. The molecule has 28 heavy (non-hydrogen) atoms. The molecule has 4 nitrogen and oxygen atoms in total. The fourth-order valence-corrected chi connectivity index (χ4v) is 6.24. The average Bonchev–Trinajstić information content (AvgIpc) is 2.51. The van der Waals surface area contributed by atoms with Crippen LogP contribution in [-0.4, -0.2) is 23.6 Å². The van der Waals surface area contributed by atoms with Crippen molar-refractivity contribution in [2.24, 2.45) is 22.7 Å². The third kappa shape index (κ3) is 4.52. The standard InChI is InChI=1S/C24H38O4/c1-9-23(7,28-18(4)26)14-11-19-16(2)15-20(27-17(3)25)21-22(5,6)12-10-13-24(19,21)8/h9,19-21H,1-2,10-15H2,3-8H3. The molecule has 2 fully saturated rings. The van der Waals surface area contributed by atoms with Crippen LogP contribution in [0.2, 0.25) is 0 Å². The van der Waals surface area contributed by atoms with Gasteiger partial charge in [0.05, 0.1) is 0 Å². The molecular weight excluding hydrogens is 352 g/mol. The molecule has 0 aromatic rings. The molecule has 0 saturated heterocycles. The van der Waals surface area contributed by atoms with E-state index >= 15 is 0 Å². The highest BCUT2D eigenvalue weighted by Crippen LogP contribution is 2.62. The second-order valence-corrected chi connectivity index (χ2v) is 10.0. The minimum Gasteiger partial charge on any atom is -0.462 e. The van der Waals surface area contributed by atoms with Crippen molar-refractivity contribution in [1.82, 2.24) is 0 Å². The highest BCUT2D eigenvalue weighted by molar-refractivity contribution is 5.67. The Morgan fingerprint density at radius 1 is 1.21 bits per heavy atom. The van der Waals surface area contributed by atoms with Crippen molar-refractivity contribution >= 4 is 11.9 Å². The van der Waals surface area contributed by atoms with E-state index in [1.165, 1.54) is 20.3 Å². The summed E-state index contributed by atoms with van der Waals surface area (Å²) in [5.41, 5.74) is 0.589. The van der Waals surface area contributed by atoms with Gasteiger partial charge in [0.15, 0.2) is 0 Å². The summed E-state index contributed by atoms with van der Waals surface area (Å²) in [5, 5.41) is 0. The van der Waals surface area contributed by atoms with Crippen LogP contribution in [0.3, 0.4) is 0 Å². The largest absolute Gasteiger partial charge is 0.462 e. The molecule has 5 unspecified atom stereocenters. The van der Waals surface area contributed by atoms with Gasteiger partial charge in [-0.15, -0.1) is 0 Å². The van der Waals surface area contributed by atoms with Crippen LogP contribution in [0.5, 0.6) is 0 Å². The molecule has 5 atom stereocenters. The predicted octanol–water partition coefficient (Wildman–Crippen LogP) is 5.61. The molecule has 0 aromatic carbocycles. The Bertz CT molecular complexity index is 649. The van der Waals surface area contributed by atoms with Gasteiger partial charge in [-0.1, -0.05) is 45.9 Å². The van der Waals surface area contributed by atoms with E-state index in [0.717, 1.165) is 24.8 Å². The van der Waals surface area contributed by atoms with Crippen molar-refractivity contribution in [2.75, 3.05) is 0 Å². The van der Waals surface area contributed by atoms with Crippen LogP contribution < -0.4 is 0 Å². The molecule has 2 aliphatic carbocycles. The zero-order chi connectivity index (χ0) is 21.3. The van der Waals surface area contributed by atoms with Gasteiger partial charge in [-0.25, -0.2) is 0 Å². The van der Waals surface area contributed by atoms with Crippen LogP contribution in [0, 0.1) is 22.7 Å². The third-order valence-electron chi connectivity index (χ3n) is 7.27. The van der Waals surface area contributed by atoms with Crippen LogP contribution >= 0.6 is 0 Å². The van der Waals surface area contributed by atoms with Gasteiger partial charge in [0.25, 0.3) is 0 Å². The molecule has 0 bridgehead atoms. The van der Waals surface area contributed by atoms with Crippen molar-refractivity contribution in [3.05, 3.63) is 24.8 Å². The van der Waals surface area contributed by atoms with Gasteiger partial charge in [0.1, 0.15) is 11.7 Å². The fourth-order valence-electron chi connectivity index (χ4n) is 6.24. The summed E-state index contributed by atoms with van der Waals surface area (Å²) < 4.78 is 11.4. The van der Waals surface area contributed by atoms with Crippen LogP contribution in [0.1, 0.15) is 80.1 Å². The molecule has 0 aliphatic heterocycles. The number of rotatable bonds is 6. The fraction of sp³-hybridized carbons (Fsp3) is 0.750. The van der Waals surface area contributed by atoms with Gasteiger partial charge in [0.2, 0.25) is 0 Å². The molecule has 2 aliphatic rings. The van der Waals surface area contributed by atoms with E-state index in [2.05, 4.69) is 33.9 Å². The van der Waals surface area contributed by atoms with Crippen molar-refractivity contribution in [2.45, 2.75) is 91.8 Å². The van der Waals surface area contributed by atoms with E-state index in [9.17, 15) is 9.59 Å². The third-order valence-corrected chi connectivity index (χ3v) is 7.27. The van der Waals surface area contributed by atoms with Crippen LogP contribution in [0.15, 0.2) is 24.8 Å². The second-order valence-electron chi connectivity index (χ2n) is 10.0. The van der Waals surface area contributed by atoms with E-state index in [4.69, 9.17) is 9.47 Å². The zero-order valence-electron chi connectivity index (χ0n) is 18.6. The molecule has 0 radical (unpaired) electrons. The van der Waals surface area contributed by atoms with Gasteiger partial charge < -0.3 is 9.47 Å². The summed E-state index contributed by atoms with van der Waals surface area (Å²) in [7, 11) is 0. The number of hydrogen-bond donors (Lipinski definition) is 0. The minimum atomic E-state index is -0.672. The van der Waals surface area contributed by atoms with Gasteiger partial charge in [0, 0.05) is 26.2 Å². The van der Waals surface area contributed by atoms with Gasteiger partial charge in [-0.3, -0.25) is 9.59 Å². The van der Waals surface area contributed by atoms with Crippen molar-refractivity contribution in [3.8, 4) is 0 Å². The molecule has 4 heteroatoms. The first-order valence-electron chi connectivity index (χ1n) is 10.5. The lowest BCUT2D eigenvalue weighted by Gasteiger charge is -2.60. The highest BCUT2D eigenvalue weighted by atomic mass is 16.6. The Hall–Kier alpha value is -1.58. The SMILES string of the molecule is C=CC(C)(CCC1C(=C)CC(OC(C)=O)C2C(C)(C)CCCC12C)OC(C)=O. The maximum atomic E-state index is 11.8. The Balaban J connectivity index is 2.32. The van der Waals surface area contributed by atoms with E-state index in [-0.39, 0.29) is 34.8 Å². The summed E-state index contributed by atoms with van der Waals surface area (Å²) in [6.45, 7) is 20.1. The van der Waals surface area contributed by atoms with E-state index < -0.39 is 5.60 Å². The molecular formula is C24H38O4. The number of carbonyl (C=O) groups is 2. The molecule has 0 heterocycles. The second kappa shape index (κ2) is 8.04. The number of carbonyl (C=O) groups excluding carboxylic acids is 2. The maximum Gasteiger partial charge on any atom is 0.303 e. The van der Waals surface area contributed by atoms with Crippen molar-refractivity contribution in [1.29, 1.82) is 0 Å².